The Hall–Kier alpha value is -0.500. The van der Waals surface area contributed by atoms with E-state index in [-0.39, 0.29) is 0 Å². The molecule has 0 aromatic carbocycles. The molecule has 1 heterocycles. The second-order valence-corrected chi connectivity index (χ2v) is 2.85. The maximum absolute atomic E-state index is 3.86. The van der Waals surface area contributed by atoms with Gasteiger partial charge in [0.1, 0.15) is 0 Å². The smallest absolute Gasteiger partial charge is 0.0373 e. The molecule has 0 aromatic heterocycles. The minimum Gasteiger partial charge on any atom is -0.384 e. The number of rotatable bonds is 0. The zero-order valence-electron chi connectivity index (χ0n) is 6.15. The van der Waals surface area contributed by atoms with E-state index in [1.54, 1.807) is 0 Å². The molecule has 1 rings (SSSR count). The molecule has 1 unspecified atom stereocenters. The van der Waals surface area contributed by atoms with Crippen molar-refractivity contribution >= 4 is 0 Å². The van der Waals surface area contributed by atoms with Crippen LogP contribution in [0.2, 0.25) is 0 Å². The van der Waals surface area contributed by atoms with Crippen LogP contribution in [0.1, 0.15) is 6.92 Å². The molecule has 0 aliphatic carbocycles. The van der Waals surface area contributed by atoms with Crippen molar-refractivity contribution in [1.29, 1.82) is 0 Å². The summed E-state index contributed by atoms with van der Waals surface area (Å²) in [7, 11) is 2.11. The van der Waals surface area contributed by atoms with Crippen LogP contribution in [0.15, 0.2) is 12.3 Å². The third kappa shape index (κ3) is 1.72. The highest BCUT2D eigenvalue weighted by Gasteiger charge is 2.12. The van der Waals surface area contributed by atoms with E-state index in [2.05, 4.69) is 30.8 Å². The molecule has 1 aliphatic heterocycles. The van der Waals surface area contributed by atoms with Gasteiger partial charge in [0.05, 0.1) is 0 Å². The van der Waals surface area contributed by atoms with E-state index in [0.717, 1.165) is 18.8 Å². The molecule has 2 heteroatoms. The standard InChI is InChI=1S/C7H14N2/c1-6-4-9(3)5-7(2)8-6/h7-8H,1,4-5H2,2-3H3. The van der Waals surface area contributed by atoms with Crippen LogP contribution in [0.4, 0.5) is 0 Å². The lowest BCUT2D eigenvalue weighted by molar-refractivity contribution is 0.281. The summed E-state index contributed by atoms with van der Waals surface area (Å²) in [5.41, 5.74) is 1.14. The SMILES string of the molecule is C=C1CN(C)CC(C)N1. The molecule has 1 aliphatic rings. The average molecular weight is 126 g/mol. The molecule has 1 atom stereocenters. The molecule has 52 valence electrons. The summed E-state index contributed by atoms with van der Waals surface area (Å²) < 4.78 is 0. The van der Waals surface area contributed by atoms with Crippen molar-refractivity contribution in [3.8, 4) is 0 Å². The average Bonchev–Trinajstić information content (AvgIpc) is 1.59. The van der Waals surface area contributed by atoms with E-state index in [0.29, 0.717) is 6.04 Å². The molecule has 1 N–H and O–H groups in total. The molecule has 0 amide bonds. The van der Waals surface area contributed by atoms with Gasteiger partial charge in [0, 0.05) is 24.8 Å². The summed E-state index contributed by atoms with van der Waals surface area (Å²) in [6, 6.07) is 0.566. The fourth-order valence-electron chi connectivity index (χ4n) is 1.30. The lowest BCUT2D eigenvalue weighted by Crippen LogP contribution is -2.45. The van der Waals surface area contributed by atoms with Crippen LogP contribution >= 0.6 is 0 Å². The quantitative estimate of drug-likeness (QED) is 0.506. The van der Waals surface area contributed by atoms with Crippen LogP contribution in [-0.4, -0.2) is 31.1 Å². The van der Waals surface area contributed by atoms with Gasteiger partial charge in [0.2, 0.25) is 0 Å². The predicted octanol–water partition coefficient (Wildman–Crippen LogP) is 0.424. The van der Waals surface area contributed by atoms with E-state index in [4.69, 9.17) is 0 Å². The van der Waals surface area contributed by atoms with E-state index >= 15 is 0 Å². The maximum Gasteiger partial charge on any atom is 0.0373 e. The van der Waals surface area contributed by atoms with Crippen molar-refractivity contribution in [2.45, 2.75) is 13.0 Å². The van der Waals surface area contributed by atoms with Gasteiger partial charge in [-0.3, -0.25) is 4.90 Å². The van der Waals surface area contributed by atoms with Crippen molar-refractivity contribution in [2.24, 2.45) is 0 Å². The Morgan fingerprint density at radius 2 is 2.44 bits per heavy atom. The third-order valence-corrected chi connectivity index (χ3v) is 1.50. The van der Waals surface area contributed by atoms with Gasteiger partial charge >= 0.3 is 0 Å². The highest BCUT2D eigenvalue weighted by Crippen LogP contribution is 2.01. The molecular formula is C7H14N2. The summed E-state index contributed by atoms with van der Waals surface area (Å²) >= 11 is 0. The Bertz CT molecular complexity index is 108. The van der Waals surface area contributed by atoms with E-state index in [1.807, 2.05) is 0 Å². The topological polar surface area (TPSA) is 15.3 Å². The second kappa shape index (κ2) is 2.40. The molecule has 0 saturated carbocycles. The van der Waals surface area contributed by atoms with Gasteiger partial charge in [-0.25, -0.2) is 0 Å². The number of nitrogens with zero attached hydrogens (tertiary/aromatic N) is 1. The molecular weight excluding hydrogens is 112 g/mol. The van der Waals surface area contributed by atoms with Gasteiger partial charge in [-0.2, -0.15) is 0 Å². The Labute approximate surface area is 56.5 Å². The molecule has 0 aromatic rings. The van der Waals surface area contributed by atoms with Crippen LogP contribution in [0.3, 0.4) is 0 Å². The molecule has 1 saturated heterocycles. The van der Waals surface area contributed by atoms with Gasteiger partial charge in [-0.05, 0) is 14.0 Å². The van der Waals surface area contributed by atoms with E-state index < -0.39 is 0 Å². The van der Waals surface area contributed by atoms with E-state index in [9.17, 15) is 0 Å². The van der Waals surface area contributed by atoms with Crippen molar-refractivity contribution in [1.82, 2.24) is 10.2 Å². The highest BCUT2D eigenvalue weighted by atomic mass is 15.2. The molecule has 0 radical (unpaired) electrons. The van der Waals surface area contributed by atoms with Crippen LogP contribution in [0, 0.1) is 0 Å². The summed E-state index contributed by atoms with van der Waals surface area (Å²) in [4.78, 5) is 2.27. The molecule has 0 bridgehead atoms. The van der Waals surface area contributed by atoms with Crippen LogP contribution < -0.4 is 5.32 Å². The number of hydrogen-bond donors (Lipinski definition) is 1. The molecule has 2 nitrogen and oxygen atoms in total. The Balaban J connectivity index is 2.43. The van der Waals surface area contributed by atoms with Gasteiger partial charge in [0.15, 0.2) is 0 Å². The van der Waals surface area contributed by atoms with Gasteiger partial charge < -0.3 is 5.32 Å². The normalized spacial score (nSPS) is 30.0. The summed E-state index contributed by atoms with van der Waals surface area (Å²) in [6.07, 6.45) is 0. The second-order valence-electron chi connectivity index (χ2n) is 2.85. The first-order valence-corrected chi connectivity index (χ1v) is 3.31. The van der Waals surface area contributed by atoms with Gasteiger partial charge in [0.25, 0.3) is 0 Å². The summed E-state index contributed by atoms with van der Waals surface area (Å²) in [6.45, 7) is 8.14. The Kier molecular flexibility index (Phi) is 1.76. The summed E-state index contributed by atoms with van der Waals surface area (Å²) in [5.74, 6) is 0. The molecule has 1 fully saturated rings. The van der Waals surface area contributed by atoms with E-state index in [1.165, 1.54) is 0 Å². The molecule has 0 spiro atoms. The Morgan fingerprint density at radius 1 is 1.78 bits per heavy atom. The van der Waals surface area contributed by atoms with Crippen LogP contribution in [0.25, 0.3) is 0 Å². The van der Waals surface area contributed by atoms with Crippen molar-refractivity contribution in [2.75, 3.05) is 20.1 Å². The number of likely N-dealkylation sites (N-methyl/N-ethyl adjacent to an activating group) is 1. The lowest BCUT2D eigenvalue weighted by atomic mass is 10.2. The fraction of sp³-hybridized carbons (Fsp3) is 0.714. The zero-order chi connectivity index (χ0) is 6.85. The van der Waals surface area contributed by atoms with Crippen molar-refractivity contribution in [3.05, 3.63) is 12.3 Å². The first kappa shape index (κ1) is 6.62. The van der Waals surface area contributed by atoms with Crippen LogP contribution in [-0.2, 0) is 0 Å². The summed E-state index contributed by atoms with van der Waals surface area (Å²) in [5, 5.41) is 3.27. The fourth-order valence-corrected chi connectivity index (χ4v) is 1.30. The highest BCUT2D eigenvalue weighted by molar-refractivity contribution is 5.00. The first-order chi connectivity index (χ1) is 4.18. The van der Waals surface area contributed by atoms with Crippen molar-refractivity contribution < 1.29 is 0 Å². The third-order valence-electron chi connectivity index (χ3n) is 1.50. The number of hydrogen-bond acceptors (Lipinski definition) is 2. The Morgan fingerprint density at radius 3 is 2.89 bits per heavy atom. The monoisotopic (exact) mass is 126 g/mol. The number of nitrogens with one attached hydrogen (secondary N) is 1. The minimum absolute atomic E-state index is 0.566. The first-order valence-electron chi connectivity index (χ1n) is 3.31. The van der Waals surface area contributed by atoms with Gasteiger partial charge in [-0.15, -0.1) is 0 Å². The van der Waals surface area contributed by atoms with Crippen LogP contribution in [0.5, 0.6) is 0 Å². The maximum atomic E-state index is 3.86. The minimum atomic E-state index is 0.566. The number of piperazine rings is 1. The van der Waals surface area contributed by atoms with Crippen molar-refractivity contribution in [3.63, 3.8) is 0 Å². The zero-order valence-corrected chi connectivity index (χ0v) is 6.15. The predicted molar refractivity (Wildman–Crippen MR) is 39.2 cm³/mol. The molecule has 9 heavy (non-hydrogen) atoms. The largest absolute Gasteiger partial charge is 0.384 e. The van der Waals surface area contributed by atoms with Gasteiger partial charge in [-0.1, -0.05) is 6.58 Å². The lowest BCUT2D eigenvalue weighted by Gasteiger charge is -2.30.